The van der Waals surface area contributed by atoms with Gasteiger partial charge in [0.1, 0.15) is 10.6 Å². The van der Waals surface area contributed by atoms with Gasteiger partial charge in [-0.15, -0.1) is 11.3 Å². The number of amides is 1. The highest BCUT2D eigenvalue weighted by atomic mass is 32.1. The second-order valence-electron chi connectivity index (χ2n) is 7.66. The minimum Gasteiger partial charge on any atom is -0.457 e. The van der Waals surface area contributed by atoms with Crippen LogP contribution in [0.5, 0.6) is 5.75 Å². The monoisotopic (exact) mass is 463 g/mol. The molecule has 0 radical (unpaired) electrons. The Kier molecular flexibility index (Phi) is 6.65. The third-order valence-corrected chi connectivity index (χ3v) is 6.11. The Labute approximate surface area is 194 Å². The zero-order valence-corrected chi connectivity index (χ0v) is 18.7. The van der Waals surface area contributed by atoms with E-state index in [0.29, 0.717) is 16.2 Å². The molecular formula is C25H21NO6S. The van der Waals surface area contributed by atoms with Crippen LogP contribution in [-0.4, -0.2) is 36.8 Å². The van der Waals surface area contributed by atoms with Crippen molar-refractivity contribution < 1.29 is 28.7 Å². The Hall–Kier alpha value is -3.78. The van der Waals surface area contributed by atoms with Gasteiger partial charge in [-0.1, -0.05) is 23.8 Å². The van der Waals surface area contributed by atoms with Crippen LogP contribution in [0, 0.1) is 12.8 Å². The molecular weight excluding hydrogens is 442 g/mol. The summed E-state index contributed by atoms with van der Waals surface area (Å²) < 4.78 is 10.4. The number of ether oxygens (including phenoxy) is 2. The van der Waals surface area contributed by atoms with E-state index in [1.807, 2.05) is 31.2 Å². The Balaban J connectivity index is 1.28. The minimum atomic E-state index is -0.620. The van der Waals surface area contributed by atoms with E-state index in [1.165, 1.54) is 35.6 Å². The van der Waals surface area contributed by atoms with Crippen molar-refractivity contribution in [3.8, 4) is 5.75 Å². The molecule has 1 aliphatic rings. The van der Waals surface area contributed by atoms with Gasteiger partial charge in [0.15, 0.2) is 12.4 Å². The topological polar surface area (TPSA) is 90.0 Å². The lowest BCUT2D eigenvalue weighted by molar-refractivity contribution is -0.147. The van der Waals surface area contributed by atoms with Crippen LogP contribution in [-0.2, 0) is 14.3 Å². The third-order valence-electron chi connectivity index (χ3n) is 5.26. The SMILES string of the molecule is Cc1ccc(N2CC(C(=O)OCC(=O)c3ccc(OC(=O)c4cccs4)cc3)CC2=O)cc1. The van der Waals surface area contributed by atoms with Gasteiger partial charge in [0.05, 0.1) is 5.92 Å². The first-order chi connectivity index (χ1) is 15.9. The molecule has 1 saturated heterocycles. The number of hydrogen-bond donors (Lipinski definition) is 0. The van der Waals surface area contributed by atoms with Crippen molar-refractivity contribution >= 4 is 40.7 Å². The molecule has 0 spiro atoms. The van der Waals surface area contributed by atoms with Gasteiger partial charge in [0, 0.05) is 24.2 Å². The average Bonchev–Trinajstić information content (AvgIpc) is 3.49. The van der Waals surface area contributed by atoms with E-state index in [4.69, 9.17) is 9.47 Å². The number of hydrogen-bond acceptors (Lipinski definition) is 7. The zero-order valence-electron chi connectivity index (χ0n) is 17.9. The first kappa shape index (κ1) is 22.4. The predicted octanol–water partition coefficient (Wildman–Crippen LogP) is 4.05. The van der Waals surface area contributed by atoms with Gasteiger partial charge >= 0.3 is 11.9 Å². The van der Waals surface area contributed by atoms with Crippen molar-refractivity contribution in [1.29, 1.82) is 0 Å². The first-order valence-electron chi connectivity index (χ1n) is 10.3. The van der Waals surface area contributed by atoms with E-state index < -0.39 is 24.5 Å². The largest absolute Gasteiger partial charge is 0.457 e. The molecule has 1 aliphatic heterocycles. The minimum absolute atomic E-state index is 0.0468. The Morgan fingerprint density at radius 1 is 1.03 bits per heavy atom. The van der Waals surface area contributed by atoms with Crippen molar-refractivity contribution in [2.24, 2.45) is 5.92 Å². The molecule has 1 amide bonds. The number of esters is 2. The standard InChI is InChI=1S/C25H21NO6S/c1-16-4-8-19(9-5-16)26-14-18(13-23(26)28)24(29)31-15-21(27)17-6-10-20(11-7-17)32-25(30)22-3-2-12-33-22/h2-12,18H,13-15H2,1H3. The van der Waals surface area contributed by atoms with Crippen LogP contribution < -0.4 is 9.64 Å². The van der Waals surface area contributed by atoms with E-state index >= 15 is 0 Å². The molecule has 2 heterocycles. The summed E-state index contributed by atoms with van der Waals surface area (Å²) in [6.45, 7) is 1.75. The number of carbonyl (C=O) groups is 4. The van der Waals surface area contributed by atoms with Crippen LogP contribution in [0.4, 0.5) is 5.69 Å². The lowest BCUT2D eigenvalue weighted by Crippen LogP contribution is -2.27. The maximum Gasteiger partial charge on any atom is 0.353 e. The second kappa shape index (κ2) is 9.79. The molecule has 2 aromatic carbocycles. The lowest BCUT2D eigenvalue weighted by Gasteiger charge is -2.16. The summed E-state index contributed by atoms with van der Waals surface area (Å²) in [5.41, 5.74) is 2.13. The number of rotatable bonds is 7. The van der Waals surface area contributed by atoms with E-state index in [2.05, 4.69) is 0 Å². The van der Waals surface area contributed by atoms with Crippen LogP contribution in [0.25, 0.3) is 0 Å². The molecule has 33 heavy (non-hydrogen) atoms. The molecule has 1 aromatic heterocycles. The molecule has 7 nitrogen and oxygen atoms in total. The summed E-state index contributed by atoms with van der Waals surface area (Å²) in [7, 11) is 0. The van der Waals surface area contributed by atoms with Crippen molar-refractivity contribution in [3.05, 3.63) is 82.0 Å². The number of nitrogens with zero attached hydrogens (tertiary/aromatic N) is 1. The average molecular weight is 464 g/mol. The van der Waals surface area contributed by atoms with Gasteiger partial charge in [0.2, 0.25) is 5.91 Å². The molecule has 4 rings (SSSR count). The van der Waals surface area contributed by atoms with Crippen molar-refractivity contribution in [2.45, 2.75) is 13.3 Å². The summed E-state index contributed by atoms with van der Waals surface area (Å²) >= 11 is 1.28. The van der Waals surface area contributed by atoms with Gasteiger partial charge < -0.3 is 14.4 Å². The Morgan fingerprint density at radius 2 is 1.76 bits per heavy atom. The number of carbonyl (C=O) groups excluding carboxylic acids is 4. The highest BCUT2D eigenvalue weighted by molar-refractivity contribution is 7.12. The maximum atomic E-state index is 12.4. The summed E-state index contributed by atoms with van der Waals surface area (Å²) in [5.74, 6) is -1.90. The van der Waals surface area contributed by atoms with E-state index in [9.17, 15) is 19.2 Å². The van der Waals surface area contributed by atoms with Gasteiger partial charge in [-0.25, -0.2) is 4.79 Å². The Bertz CT molecular complexity index is 1170. The summed E-state index contributed by atoms with van der Waals surface area (Å²) in [6, 6.07) is 16.9. The summed E-state index contributed by atoms with van der Waals surface area (Å²) in [4.78, 5) is 51.2. The highest BCUT2D eigenvalue weighted by Crippen LogP contribution is 2.26. The van der Waals surface area contributed by atoms with Gasteiger partial charge in [-0.2, -0.15) is 0 Å². The van der Waals surface area contributed by atoms with E-state index in [0.717, 1.165) is 11.3 Å². The zero-order chi connectivity index (χ0) is 23.4. The van der Waals surface area contributed by atoms with Gasteiger partial charge in [0.25, 0.3) is 0 Å². The van der Waals surface area contributed by atoms with Crippen LogP contribution in [0.1, 0.15) is 32.0 Å². The third kappa shape index (κ3) is 5.35. The number of aryl methyl sites for hydroxylation is 1. The van der Waals surface area contributed by atoms with Crippen LogP contribution in [0.2, 0.25) is 0 Å². The fourth-order valence-corrected chi connectivity index (χ4v) is 4.04. The van der Waals surface area contributed by atoms with Gasteiger partial charge in [-0.05, 0) is 54.8 Å². The van der Waals surface area contributed by atoms with Crippen molar-refractivity contribution in [2.75, 3.05) is 18.1 Å². The maximum absolute atomic E-state index is 12.4. The second-order valence-corrected chi connectivity index (χ2v) is 8.61. The molecule has 3 aromatic rings. The molecule has 0 bridgehead atoms. The number of benzene rings is 2. The quantitative estimate of drug-likeness (QED) is 0.298. The lowest BCUT2D eigenvalue weighted by atomic mass is 10.1. The van der Waals surface area contributed by atoms with E-state index in [1.54, 1.807) is 22.4 Å². The van der Waals surface area contributed by atoms with Crippen molar-refractivity contribution in [3.63, 3.8) is 0 Å². The van der Waals surface area contributed by atoms with Crippen LogP contribution >= 0.6 is 11.3 Å². The molecule has 1 atom stereocenters. The molecule has 1 fully saturated rings. The number of thiophene rings is 1. The normalized spacial score (nSPS) is 15.4. The number of anilines is 1. The fourth-order valence-electron chi connectivity index (χ4n) is 3.44. The first-order valence-corrected chi connectivity index (χ1v) is 11.2. The molecule has 168 valence electrons. The van der Waals surface area contributed by atoms with E-state index in [-0.39, 0.29) is 24.7 Å². The molecule has 0 aliphatic carbocycles. The predicted molar refractivity (Wildman–Crippen MR) is 123 cm³/mol. The summed E-state index contributed by atoms with van der Waals surface area (Å²) in [5, 5.41) is 1.78. The van der Waals surface area contributed by atoms with Crippen LogP contribution in [0.15, 0.2) is 66.0 Å². The molecule has 8 heteroatoms. The molecule has 1 unspecified atom stereocenters. The smallest absolute Gasteiger partial charge is 0.353 e. The number of Topliss-reactive ketones (excluding diaryl/α,β-unsaturated/α-hetero) is 1. The molecule has 0 N–H and O–H groups in total. The highest BCUT2D eigenvalue weighted by Gasteiger charge is 2.36. The molecule has 0 saturated carbocycles. The van der Waals surface area contributed by atoms with Gasteiger partial charge in [-0.3, -0.25) is 14.4 Å². The Morgan fingerprint density at radius 3 is 2.42 bits per heavy atom. The summed E-state index contributed by atoms with van der Waals surface area (Å²) in [6.07, 6.45) is 0.0468. The fraction of sp³-hybridized carbons (Fsp3) is 0.200. The number of ketones is 1. The van der Waals surface area contributed by atoms with Crippen LogP contribution in [0.3, 0.4) is 0 Å². The van der Waals surface area contributed by atoms with Crippen molar-refractivity contribution in [1.82, 2.24) is 0 Å².